The number of guanidine groups is 1. The third-order valence-corrected chi connectivity index (χ3v) is 17.0. The van der Waals surface area contributed by atoms with Gasteiger partial charge in [0.25, 0.3) is 0 Å². The van der Waals surface area contributed by atoms with Gasteiger partial charge in [-0.25, -0.2) is 4.79 Å². The molecule has 0 unspecified atom stereocenters. The molecule has 106 heavy (non-hydrogen) atoms. The van der Waals surface area contributed by atoms with Crippen molar-refractivity contribution < 1.29 is 77.0 Å². The topological polar surface area (TPSA) is 601 Å². The minimum atomic E-state index is -1.49. The van der Waals surface area contributed by atoms with E-state index in [0.717, 1.165) is 0 Å². The van der Waals surface area contributed by atoms with Crippen LogP contribution in [0.5, 0.6) is 0 Å². The number of primary amides is 1. The third-order valence-electron chi connectivity index (χ3n) is 17.0. The first-order valence-corrected chi connectivity index (χ1v) is 37.1. The van der Waals surface area contributed by atoms with Crippen LogP contribution in [0.15, 0.2) is 4.99 Å². The second-order valence-electron chi connectivity index (χ2n) is 29.6. The van der Waals surface area contributed by atoms with Crippen molar-refractivity contribution in [1.82, 2.24) is 69.1 Å². The van der Waals surface area contributed by atoms with E-state index in [2.05, 4.69) is 74.1 Å². The van der Waals surface area contributed by atoms with Crippen LogP contribution in [0, 0.1) is 35.5 Å². The molecule has 606 valence electrons. The lowest BCUT2D eigenvalue weighted by Gasteiger charge is -2.28. The van der Waals surface area contributed by atoms with Crippen molar-refractivity contribution in [2.75, 3.05) is 19.6 Å². The predicted molar refractivity (Wildman–Crippen MR) is 400 cm³/mol. The summed E-state index contributed by atoms with van der Waals surface area (Å²) in [5, 5.41) is 43.5. The molecule has 0 aromatic rings. The van der Waals surface area contributed by atoms with Crippen molar-refractivity contribution >= 4 is 94.6 Å². The van der Waals surface area contributed by atoms with Crippen LogP contribution in [0.1, 0.15) is 207 Å². The van der Waals surface area contributed by atoms with E-state index in [1.54, 1.807) is 76.2 Å². The summed E-state index contributed by atoms with van der Waals surface area (Å²) >= 11 is 0. The van der Waals surface area contributed by atoms with Gasteiger partial charge in [0.05, 0.1) is 12.5 Å². The summed E-state index contributed by atoms with van der Waals surface area (Å²) in [7, 11) is 0. The number of carbonyl (C=O) groups excluding carboxylic acids is 14. The number of carboxylic acids is 1. The Morgan fingerprint density at radius 2 is 0.566 bits per heavy atom. The molecule has 0 aliphatic heterocycles. The highest BCUT2D eigenvalue weighted by atomic mass is 16.4. The van der Waals surface area contributed by atoms with Crippen molar-refractivity contribution in [3.05, 3.63) is 0 Å². The molecule has 36 nitrogen and oxygen atoms in total. The summed E-state index contributed by atoms with van der Waals surface area (Å²) in [5.41, 5.74) is 34.1. The Labute approximate surface area is 624 Å². The number of aliphatic imine (C=N–C) groups is 1. The van der Waals surface area contributed by atoms with Gasteiger partial charge in [0.2, 0.25) is 82.7 Å². The molecule has 0 saturated heterocycles. The van der Waals surface area contributed by atoms with E-state index in [4.69, 9.17) is 34.4 Å². The largest absolute Gasteiger partial charge is 0.480 e. The molecule has 15 atom stereocenters. The zero-order chi connectivity index (χ0) is 81.4. The molecule has 0 aromatic carbocycles. The number of carbonyl (C=O) groups is 15. The third kappa shape index (κ3) is 39.5. The lowest BCUT2D eigenvalue weighted by atomic mass is 9.98. The highest BCUT2D eigenvalue weighted by Crippen LogP contribution is 2.15. The Bertz CT molecular complexity index is 2910. The number of unbranched alkanes of at least 4 members (excludes halogenated alkanes) is 2. The molecule has 0 aliphatic rings. The van der Waals surface area contributed by atoms with Gasteiger partial charge >= 0.3 is 5.97 Å². The highest BCUT2D eigenvalue weighted by Gasteiger charge is 2.37. The fourth-order valence-corrected chi connectivity index (χ4v) is 10.8. The van der Waals surface area contributed by atoms with E-state index in [9.17, 15) is 77.0 Å². The Kier molecular flexibility index (Phi) is 46.4. The van der Waals surface area contributed by atoms with Gasteiger partial charge in [-0.2, -0.15) is 0 Å². The van der Waals surface area contributed by atoms with Gasteiger partial charge < -0.3 is 109 Å². The second kappa shape index (κ2) is 50.7. The summed E-state index contributed by atoms with van der Waals surface area (Å²) in [6.07, 6.45) is 2.06. The van der Waals surface area contributed by atoms with Crippen molar-refractivity contribution in [2.24, 2.45) is 74.9 Å². The van der Waals surface area contributed by atoms with Crippen LogP contribution < -0.4 is 104 Å². The fourth-order valence-electron chi connectivity index (χ4n) is 10.8. The number of carboxylic acid groups (broad SMARTS) is 1. The predicted octanol–water partition coefficient (Wildman–Crippen LogP) is -2.76. The molecule has 0 radical (unpaired) electrons. The van der Waals surface area contributed by atoms with Gasteiger partial charge in [-0.05, 0) is 160 Å². The van der Waals surface area contributed by atoms with E-state index in [1.807, 2.05) is 6.92 Å². The molecule has 0 fully saturated rings. The molecule has 0 saturated carbocycles. The van der Waals surface area contributed by atoms with Crippen LogP contribution in [0.3, 0.4) is 0 Å². The van der Waals surface area contributed by atoms with E-state index >= 15 is 0 Å². The number of nitrogens with one attached hydrogen (secondary N) is 13. The van der Waals surface area contributed by atoms with Crippen molar-refractivity contribution in [2.45, 2.75) is 292 Å². The van der Waals surface area contributed by atoms with Crippen LogP contribution in [0.25, 0.3) is 0 Å². The van der Waals surface area contributed by atoms with E-state index in [0.29, 0.717) is 32.1 Å². The van der Waals surface area contributed by atoms with E-state index in [-0.39, 0.29) is 119 Å². The quantitative estimate of drug-likeness (QED) is 0.0167. The zero-order valence-corrected chi connectivity index (χ0v) is 65.3. The Morgan fingerprint density at radius 3 is 0.877 bits per heavy atom. The number of rotatable bonds is 53. The maximum absolute atomic E-state index is 14.2. The van der Waals surface area contributed by atoms with Crippen molar-refractivity contribution in [3.8, 4) is 0 Å². The Balaban J connectivity index is 6.44. The minimum Gasteiger partial charge on any atom is -0.480 e. The normalized spacial score (nSPS) is 15.6. The van der Waals surface area contributed by atoms with Gasteiger partial charge in [-0.3, -0.25) is 72.1 Å². The fraction of sp³-hybridized carbons (Fsp3) is 0.771. The van der Waals surface area contributed by atoms with Gasteiger partial charge in [-0.1, -0.05) is 89.5 Å². The summed E-state index contributed by atoms with van der Waals surface area (Å²) in [4.78, 5) is 208. The molecule has 0 heterocycles. The molecule has 0 aromatic heterocycles. The minimum absolute atomic E-state index is 0.0261. The highest BCUT2D eigenvalue weighted by molar-refractivity contribution is 6.00. The maximum atomic E-state index is 14.2. The Morgan fingerprint density at radius 1 is 0.321 bits per heavy atom. The van der Waals surface area contributed by atoms with Gasteiger partial charge in [0, 0.05) is 6.54 Å². The SMILES string of the molecule is CC[C@H](C)[C@H](N)C(=O)N[C@@H](CC(N)=O)C(=O)N[C@@H](CC(C)C)C(=O)N[C@@H](CCCCN)C(=O)N[C@@H](C)C(=O)N[C@@H](CC(C)C)C(=O)N[C@@H](C)C(=O)N[C@@H](C)C(=O)N[C@@H](CC(C)C)C(=O)N[C@@H](C)C(=O)N[C@@H](CCCCN)C(=O)N[C@@H](CCCN=C(N)N)C(=O)N[C@@H](CC(C)C)C(=O)N[C@@H](CC(C)C)C(=O)O. The molecule has 0 spiro atoms. The van der Waals surface area contributed by atoms with E-state index < -0.39 is 180 Å². The summed E-state index contributed by atoms with van der Waals surface area (Å²) in [5.74, 6) is -14.0. The number of amides is 14. The number of nitrogens with zero attached hydrogens (tertiary/aromatic N) is 1. The molecule has 14 amide bonds. The molecule has 0 bridgehead atoms. The molecule has 26 N–H and O–H groups in total. The molecular weight excluding hydrogens is 1380 g/mol. The zero-order valence-electron chi connectivity index (χ0n) is 65.3. The number of hydrogen-bond donors (Lipinski definition) is 20. The van der Waals surface area contributed by atoms with Crippen LogP contribution in [0.4, 0.5) is 0 Å². The van der Waals surface area contributed by atoms with Crippen molar-refractivity contribution in [3.63, 3.8) is 0 Å². The first kappa shape index (κ1) is 97.2. The van der Waals surface area contributed by atoms with Crippen LogP contribution in [-0.4, -0.2) is 204 Å². The number of aliphatic carboxylic acids is 1. The second-order valence-corrected chi connectivity index (χ2v) is 29.6. The summed E-state index contributed by atoms with van der Waals surface area (Å²) in [6, 6.07) is -18.0. The van der Waals surface area contributed by atoms with E-state index in [1.165, 1.54) is 27.7 Å². The van der Waals surface area contributed by atoms with Crippen LogP contribution in [0.2, 0.25) is 0 Å². The van der Waals surface area contributed by atoms with Gasteiger partial charge in [0.15, 0.2) is 5.96 Å². The molecule has 0 rings (SSSR count). The standard InChI is InChI=1S/C70H130N20O16/c1-17-40(12)55(74)68(104)89-52(34-54(73)91)67(103)88-50(31-37(6)7)65(101)84-45(23-18-20-26-71)60(96)79-44(16)59(95)86-48(29-35(2)3)63(99)80-41(13)56(92)78-42(14)58(94)85-49(30-36(4)5)64(100)81-43(15)57(93)82-46(24-19-21-27-72)61(97)83-47(25-22-28-77-70(75)76)62(98)87-51(32-38(8)9)66(102)90-53(69(105)106)33-39(10)11/h35-53,55H,17-34,71-72,74H2,1-16H3,(H2,73,91)(H,78,92)(H,79,96)(H,80,99)(H,81,100)(H,82,93)(H,83,97)(H,84,101)(H,85,94)(H,86,95)(H,87,98)(H,88,103)(H,89,104)(H,90,102)(H,105,106)(H4,75,76,77)/t40-,41-,42-,43-,44-,45-,46-,47-,48-,49-,50-,51-,52-,53-,55-/m0/s1. The number of hydrogen-bond acceptors (Lipinski definition) is 19. The average Bonchev–Trinajstić information content (AvgIpc) is 0.884. The molecular formula is C70H130N20O16. The lowest BCUT2D eigenvalue weighted by molar-refractivity contribution is -0.143. The smallest absolute Gasteiger partial charge is 0.326 e. The average molecular weight is 1510 g/mol. The molecule has 36 heteroatoms. The summed E-state index contributed by atoms with van der Waals surface area (Å²) in [6.45, 7) is 27.3. The first-order valence-electron chi connectivity index (χ1n) is 37.1. The number of nitrogens with two attached hydrogens (primary N) is 6. The Hall–Kier alpha value is -8.80. The summed E-state index contributed by atoms with van der Waals surface area (Å²) < 4.78 is 0. The molecule has 0 aliphatic carbocycles. The van der Waals surface area contributed by atoms with Crippen LogP contribution in [-0.2, 0) is 71.9 Å². The van der Waals surface area contributed by atoms with Crippen LogP contribution >= 0.6 is 0 Å². The maximum Gasteiger partial charge on any atom is 0.326 e. The van der Waals surface area contributed by atoms with Crippen molar-refractivity contribution in [1.29, 1.82) is 0 Å². The lowest BCUT2D eigenvalue weighted by Crippen LogP contribution is -2.60. The van der Waals surface area contributed by atoms with Gasteiger partial charge in [0.1, 0.15) is 78.5 Å². The first-order chi connectivity index (χ1) is 49.4. The van der Waals surface area contributed by atoms with Gasteiger partial charge in [-0.15, -0.1) is 0 Å². The monoisotopic (exact) mass is 1510 g/mol.